The predicted octanol–water partition coefficient (Wildman–Crippen LogP) is 1.77. The summed E-state index contributed by atoms with van der Waals surface area (Å²) in [4.78, 5) is 19.6. The van der Waals surface area contributed by atoms with E-state index in [1.165, 1.54) is 0 Å². The molecule has 0 aromatic heterocycles. The Labute approximate surface area is 105 Å². The minimum absolute atomic E-state index is 0.356. The van der Waals surface area contributed by atoms with Gasteiger partial charge in [-0.2, -0.15) is 0 Å². The van der Waals surface area contributed by atoms with E-state index in [-0.39, 0.29) is 0 Å². The zero-order valence-electron chi connectivity index (χ0n) is 9.91. The van der Waals surface area contributed by atoms with Crippen LogP contribution in [0.3, 0.4) is 0 Å². The molecule has 0 atom stereocenters. The Kier molecular flexibility index (Phi) is 8.36. The van der Waals surface area contributed by atoms with Gasteiger partial charge in [0.25, 0.3) is 0 Å². The molecule has 0 bridgehead atoms. The third-order valence-corrected chi connectivity index (χ3v) is 1.44. The van der Waals surface area contributed by atoms with Crippen molar-refractivity contribution < 1.29 is 24.2 Å². The number of carboxylic acids is 1. The molecule has 0 unspecified atom stereocenters. The Balaban J connectivity index is 0.000000411. The van der Waals surface area contributed by atoms with Crippen molar-refractivity contribution >= 4 is 12.1 Å². The summed E-state index contributed by atoms with van der Waals surface area (Å²) < 4.78 is 9.14. The number of hydrogen-bond acceptors (Lipinski definition) is 4. The highest BCUT2D eigenvalue weighted by atomic mass is 16.5. The first-order valence-corrected chi connectivity index (χ1v) is 5.09. The molecule has 1 rings (SSSR count). The number of nitrogens with two attached hydrogens (primary N) is 1. The monoisotopic (exact) mass is 253 g/mol. The van der Waals surface area contributed by atoms with E-state index in [0.29, 0.717) is 12.4 Å². The SMILES string of the molecule is CCOC(N)=O.O=C(O)C=COc1ccccc1. The summed E-state index contributed by atoms with van der Waals surface area (Å²) in [5, 5.41) is 8.22. The van der Waals surface area contributed by atoms with Crippen molar-refractivity contribution in [3.05, 3.63) is 42.7 Å². The molecule has 0 aliphatic carbocycles. The fraction of sp³-hybridized carbons (Fsp3) is 0.167. The molecule has 0 saturated heterocycles. The number of amides is 1. The maximum Gasteiger partial charge on any atom is 0.404 e. The zero-order chi connectivity index (χ0) is 13.8. The number of ether oxygens (including phenoxy) is 2. The van der Waals surface area contributed by atoms with Gasteiger partial charge in [0.1, 0.15) is 5.75 Å². The maximum atomic E-state index is 10.0. The Bertz CT molecular complexity index is 389. The molecule has 98 valence electrons. The number of hydrogen-bond donors (Lipinski definition) is 2. The number of carbonyl (C=O) groups excluding carboxylic acids is 1. The van der Waals surface area contributed by atoms with Gasteiger partial charge in [-0.15, -0.1) is 0 Å². The van der Waals surface area contributed by atoms with Gasteiger partial charge >= 0.3 is 12.1 Å². The van der Waals surface area contributed by atoms with Crippen LogP contribution in [-0.4, -0.2) is 23.8 Å². The molecule has 0 saturated carbocycles. The lowest BCUT2D eigenvalue weighted by Crippen LogP contribution is -2.11. The summed E-state index contributed by atoms with van der Waals surface area (Å²) in [6, 6.07) is 8.96. The highest BCUT2D eigenvalue weighted by molar-refractivity contribution is 5.79. The first kappa shape index (κ1) is 15.5. The van der Waals surface area contributed by atoms with Crippen LogP contribution in [0.1, 0.15) is 6.92 Å². The van der Waals surface area contributed by atoms with Crippen LogP contribution < -0.4 is 10.5 Å². The quantitative estimate of drug-likeness (QED) is 0.629. The highest BCUT2D eigenvalue weighted by Gasteiger charge is 1.87. The number of aliphatic carboxylic acids is 1. The minimum atomic E-state index is -1.02. The van der Waals surface area contributed by atoms with E-state index >= 15 is 0 Å². The Morgan fingerprint density at radius 2 is 1.94 bits per heavy atom. The first-order chi connectivity index (χ1) is 8.56. The van der Waals surface area contributed by atoms with Crippen LogP contribution in [0, 0.1) is 0 Å². The second kappa shape index (κ2) is 9.71. The molecule has 0 heterocycles. The second-order valence-corrected chi connectivity index (χ2v) is 2.82. The Hall–Kier alpha value is -2.50. The molecule has 6 nitrogen and oxygen atoms in total. The lowest BCUT2D eigenvalue weighted by Gasteiger charge is -1.96. The Morgan fingerprint density at radius 1 is 1.33 bits per heavy atom. The normalized spacial score (nSPS) is 9.17. The first-order valence-electron chi connectivity index (χ1n) is 5.09. The van der Waals surface area contributed by atoms with Gasteiger partial charge in [0.15, 0.2) is 0 Å². The molecule has 1 aromatic rings. The molecule has 0 fully saturated rings. The van der Waals surface area contributed by atoms with Gasteiger partial charge in [-0.25, -0.2) is 9.59 Å². The van der Waals surface area contributed by atoms with E-state index in [1.807, 2.05) is 18.2 Å². The molecule has 18 heavy (non-hydrogen) atoms. The van der Waals surface area contributed by atoms with E-state index in [1.54, 1.807) is 19.1 Å². The molecule has 0 radical (unpaired) electrons. The summed E-state index contributed by atoms with van der Waals surface area (Å²) >= 11 is 0. The van der Waals surface area contributed by atoms with E-state index in [2.05, 4.69) is 10.5 Å². The van der Waals surface area contributed by atoms with Crippen LogP contribution in [0.25, 0.3) is 0 Å². The van der Waals surface area contributed by atoms with Crippen molar-refractivity contribution in [3.63, 3.8) is 0 Å². The molecule has 1 aromatic carbocycles. The third kappa shape index (κ3) is 10.0. The van der Waals surface area contributed by atoms with Crippen molar-refractivity contribution in [2.45, 2.75) is 6.92 Å². The molecule has 0 spiro atoms. The van der Waals surface area contributed by atoms with Crippen molar-refractivity contribution in [1.82, 2.24) is 0 Å². The largest absolute Gasteiger partial charge is 0.478 e. The van der Waals surface area contributed by atoms with Crippen LogP contribution in [0.5, 0.6) is 5.75 Å². The lowest BCUT2D eigenvalue weighted by molar-refractivity contribution is -0.131. The second-order valence-electron chi connectivity index (χ2n) is 2.82. The highest BCUT2D eigenvalue weighted by Crippen LogP contribution is 2.07. The number of carboxylic acid groups (broad SMARTS) is 1. The molecule has 0 aliphatic rings. The number of primary amides is 1. The van der Waals surface area contributed by atoms with E-state index in [9.17, 15) is 9.59 Å². The number of rotatable bonds is 4. The topological polar surface area (TPSA) is 98.9 Å². The zero-order valence-corrected chi connectivity index (χ0v) is 9.91. The van der Waals surface area contributed by atoms with Gasteiger partial charge in [0, 0.05) is 0 Å². The molecule has 1 amide bonds. The van der Waals surface area contributed by atoms with Crippen LogP contribution in [0.2, 0.25) is 0 Å². The lowest BCUT2D eigenvalue weighted by atomic mass is 10.3. The van der Waals surface area contributed by atoms with Gasteiger partial charge in [-0.3, -0.25) is 0 Å². The molecule has 0 aliphatic heterocycles. The van der Waals surface area contributed by atoms with E-state index < -0.39 is 12.1 Å². The fourth-order valence-electron chi connectivity index (χ4n) is 0.812. The standard InChI is InChI=1S/C9H8O3.C3H7NO2/c10-9(11)6-7-12-8-4-2-1-3-5-8;1-2-6-3(4)5/h1-7H,(H,10,11);2H2,1H3,(H2,4,5). The Morgan fingerprint density at radius 3 is 2.33 bits per heavy atom. The summed E-state index contributed by atoms with van der Waals surface area (Å²) in [7, 11) is 0. The fourth-order valence-corrected chi connectivity index (χ4v) is 0.812. The summed E-state index contributed by atoms with van der Waals surface area (Å²) in [5.74, 6) is -0.402. The number of benzene rings is 1. The van der Waals surface area contributed by atoms with Crippen LogP contribution in [0.4, 0.5) is 4.79 Å². The van der Waals surface area contributed by atoms with Gasteiger partial charge < -0.3 is 20.3 Å². The predicted molar refractivity (Wildman–Crippen MR) is 65.1 cm³/mol. The molecule has 3 N–H and O–H groups in total. The summed E-state index contributed by atoms with van der Waals surface area (Å²) in [6.45, 7) is 2.06. The van der Waals surface area contributed by atoms with E-state index in [4.69, 9.17) is 9.84 Å². The summed E-state index contributed by atoms with van der Waals surface area (Å²) in [5.41, 5.74) is 4.54. The summed E-state index contributed by atoms with van der Waals surface area (Å²) in [6.07, 6.45) is 1.36. The average molecular weight is 253 g/mol. The average Bonchev–Trinajstić information content (AvgIpc) is 2.30. The van der Waals surface area contributed by atoms with Crippen molar-refractivity contribution in [3.8, 4) is 5.75 Å². The van der Waals surface area contributed by atoms with Crippen LogP contribution >= 0.6 is 0 Å². The van der Waals surface area contributed by atoms with Gasteiger partial charge in [-0.1, -0.05) is 18.2 Å². The minimum Gasteiger partial charge on any atom is -0.478 e. The van der Waals surface area contributed by atoms with Gasteiger partial charge in [0.05, 0.1) is 18.9 Å². The number of para-hydroxylation sites is 1. The smallest absolute Gasteiger partial charge is 0.404 e. The molecular formula is C12H15NO5. The maximum absolute atomic E-state index is 10.0. The molecule has 6 heteroatoms. The third-order valence-electron chi connectivity index (χ3n) is 1.44. The van der Waals surface area contributed by atoms with Gasteiger partial charge in [-0.05, 0) is 19.1 Å². The molecular weight excluding hydrogens is 238 g/mol. The van der Waals surface area contributed by atoms with Gasteiger partial charge in [0.2, 0.25) is 0 Å². The van der Waals surface area contributed by atoms with Crippen LogP contribution in [0.15, 0.2) is 42.7 Å². The van der Waals surface area contributed by atoms with Crippen molar-refractivity contribution in [2.75, 3.05) is 6.61 Å². The van der Waals surface area contributed by atoms with Crippen LogP contribution in [-0.2, 0) is 9.53 Å². The van der Waals surface area contributed by atoms with Crippen molar-refractivity contribution in [1.29, 1.82) is 0 Å². The number of carbonyl (C=O) groups is 2. The van der Waals surface area contributed by atoms with E-state index in [0.717, 1.165) is 12.3 Å². The van der Waals surface area contributed by atoms with Crippen molar-refractivity contribution in [2.24, 2.45) is 5.73 Å².